The molecule has 0 spiro atoms. The molecule has 15 heavy (non-hydrogen) atoms. The van der Waals surface area contributed by atoms with E-state index in [9.17, 15) is 5.11 Å². The number of aliphatic hydroxyl groups excluding tert-OH is 1. The summed E-state index contributed by atoms with van der Waals surface area (Å²) < 4.78 is 10.4. The monoisotopic (exact) mass is 230 g/mol. The van der Waals surface area contributed by atoms with Crippen LogP contribution in [0.5, 0.6) is 11.5 Å². The van der Waals surface area contributed by atoms with Gasteiger partial charge >= 0.3 is 0 Å². The Balaban J connectivity index is 3.57. The van der Waals surface area contributed by atoms with Gasteiger partial charge in [-0.05, 0) is 13.8 Å². The first-order chi connectivity index (χ1) is 7.08. The zero-order valence-electron chi connectivity index (χ0n) is 9.35. The van der Waals surface area contributed by atoms with Gasteiger partial charge in [0.2, 0.25) is 0 Å². The lowest BCUT2D eigenvalue weighted by Crippen LogP contribution is -2.02. The van der Waals surface area contributed by atoms with E-state index < -0.39 is 0 Å². The van der Waals surface area contributed by atoms with Gasteiger partial charge in [-0.25, -0.2) is 0 Å². The Labute approximate surface area is 94.6 Å². The molecular formula is C11H15ClO3. The van der Waals surface area contributed by atoms with Crippen molar-refractivity contribution >= 4 is 11.6 Å². The van der Waals surface area contributed by atoms with Crippen LogP contribution in [0.25, 0.3) is 0 Å². The summed E-state index contributed by atoms with van der Waals surface area (Å²) >= 11 is 6.12. The molecule has 3 nitrogen and oxygen atoms in total. The third-order valence-electron chi connectivity index (χ3n) is 2.50. The summed E-state index contributed by atoms with van der Waals surface area (Å²) in [4.78, 5) is 0. The molecule has 0 unspecified atom stereocenters. The summed E-state index contributed by atoms with van der Waals surface area (Å²) in [6.45, 7) is 3.59. The van der Waals surface area contributed by atoms with Crippen LogP contribution in [0, 0.1) is 13.8 Å². The molecule has 0 atom stereocenters. The van der Waals surface area contributed by atoms with Crippen LogP contribution in [0.3, 0.4) is 0 Å². The molecule has 0 saturated heterocycles. The topological polar surface area (TPSA) is 38.7 Å². The molecule has 0 aliphatic heterocycles. The van der Waals surface area contributed by atoms with Gasteiger partial charge in [-0.15, -0.1) is 0 Å². The van der Waals surface area contributed by atoms with Crippen LogP contribution in [0.4, 0.5) is 0 Å². The van der Waals surface area contributed by atoms with Crippen LogP contribution in [0.2, 0.25) is 5.02 Å². The summed E-state index contributed by atoms with van der Waals surface area (Å²) in [5.74, 6) is 1.22. The molecule has 0 aromatic heterocycles. The summed E-state index contributed by atoms with van der Waals surface area (Å²) in [6.07, 6.45) is 0. The highest BCUT2D eigenvalue weighted by molar-refractivity contribution is 6.33. The van der Waals surface area contributed by atoms with E-state index in [4.69, 9.17) is 21.1 Å². The molecule has 0 saturated carbocycles. The van der Waals surface area contributed by atoms with E-state index in [1.807, 2.05) is 13.8 Å². The highest BCUT2D eigenvalue weighted by Gasteiger charge is 2.18. The van der Waals surface area contributed by atoms with E-state index in [0.717, 1.165) is 16.7 Å². The van der Waals surface area contributed by atoms with Gasteiger partial charge in [-0.2, -0.15) is 0 Å². The number of halogens is 1. The van der Waals surface area contributed by atoms with E-state index in [-0.39, 0.29) is 6.61 Å². The van der Waals surface area contributed by atoms with Crippen LogP contribution in [-0.4, -0.2) is 19.3 Å². The average Bonchev–Trinajstić information content (AvgIpc) is 2.23. The highest BCUT2D eigenvalue weighted by Crippen LogP contribution is 2.40. The van der Waals surface area contributed by atoms with Gasteiger partial charge in [0.15, 0.2) is 0 Å². The molecule has 1 aromatic rings. The second-order valence-corrected chi connectivity index (χ2v) is 3.65. The Morgan fingerprint density at radius 2 is 1.60 bits per heavy atom. The molecule has 1 aromatic carbocycles. The number of hydrogen-bond acceptors (Lipinski definition) is 3. The van der Waals surface area contributed by atoms with Crippen LogP contribution in [0.15, 0.2) is 0 Å². The number of ether oxygens (including phenoxy) is 2. The van der Waals surface area contributed by atoms with Crippen LogP contribution in [-0.2, 0) is 6.61 Å². The lowest BCUT2D eigenvalue weighted by Gasteiger charge is -2.17. The fourth-order valence-electron chi connectivity index (χ4n) is 1.68. The normalized spacial score (nSPS) is 10.3. The second-order valence-electron chi connectivity index (χ2n) is 3.27. The summed E-state index contributed by atoms with van der Waals surface area (Å²) in [6, 6.07) is 0. The molecule has 0 amide bonds. The Morgan fingerprint density at radius 3 is 2.00 bits per heavy atom. The minimum atomic E-state index is -0.0939. The van der Waals surface area contributed by atoms with Gasteiger partial charge in [-0.3, -0.25) is 0 Å². The lowest BCUT2D eigenvalue weighted by molar-refractivity contribution is 0.271. The molecule has 0 radical (unpaired) electrons. The quantitative estimate of drug-likeness (QED) is 0.867. The molecular weight excluding hydrogens is 216 g/mol. The van der Waals surface area contributed by atoms with Gasteiger partial charge in [0, 0.05) is 16.7 Å². The number of methoxy groups -OCH3 is 2. The van der Waals surface area contributed by atoms with Crippen molar-refractivity contribution in [2.75, 3.05) is 14.2 Å². The SMILES string of the molecule is COc1c(C)c(CO)c(OC)c(C)c1Cl. The van der Waals surface area contributed by atoms with Crippen LogP contribution < -0.4 is 9.47 Å². The third-order valence-corrected chi connectivity index (χ3v) is 2.96. The van der Waals surface area contributed by atoms with Crippen molar-refractivity contribution in [1.29, 1.82) is 0 Å². The van der Waals surface area contributed by atoms with Gasteiger partial charge in [0.05, 0.1) is 25.8 Å². The number of rotatable bonds is 3. The summed E-state index contributed by atoms with van der Waals surface area (Å²) in [5, 5.41) is 9.82. The first-order valence-corrected chi connectivity index (χ1v) is 4.96. The zero-order valence-corrected chi connectivity index (χ0v) is 10.1. The Kier molecular flexibility index (Phi) is 3.83. The van der Waals surface area contributed by atoms with Crippen LogP contribution in [0.1, 0.15) is 16.7 Å². The molecule has 0 aliphatic rings. The fraction of sp³-hybridized carbons (Fsp3) is 0.455. The molecule has 0 heterocycles. The molecule has 84 valence electrons. The summed E-state index contributed by atoms with van der Waals surface area (Å²) in [5.41, 5.74) is 2.31. The minimum absolute atomic E-state index is 0.0939. The third kappa shape index (κ3) is 1.90. The number of benzene rings is 1. The first kappa shape index (κ1) is 12.1. The number of hydrogen-bond donors (Lipinski definition) is 1. The van der Waals surface area contributed by atoms with Crippen molar-refractivity contribution in [2.24, 2.45) is 0 Å². The average molecular weight is 231 g/mol. The van der Waals surface area contributed by atoms with Crippen molar-refractivity contribution in [1.82, 2.24) is 0 Å². The Hall–Kier alpha value is -0.930. The molecule has 1 N–H and O–H groups in total. The van der Waals surface area contributed by atoms with E-state index in [0.29, 0.717) is 16.5 Å². The Bertz CT molecular complexity index is 375. The molecule has 0 bridgehead atoms. The smallest absolute Gasteiger partial charge is 0.141 e. The molecule has 0 aliphatic carbocycles. The van der Waals surface area contributed by atoms with E-state index >= 15 is 0 Å². The van der Waals surface area contributed by atoms with E-state index in [1.165, 1.54) is 0 Å². The first-order valence-electron chi connectivity index (χ1n) is 4.58. The predicted octanol–water partition coefficient (Wildman–Crippen LogP) is 2.47. The zero-order chi connectivity index (χ0) is 11.6. The van der Waals surface area contributed by atoms with Gasteiger partial charge < -0.3 is 14.6 Å². The van der Waals surface area contributed by atoms with Crippen LogP contribution >= 0.6 is 11.6 Å². The molecule has 0 fully saturated rings. The highest BCUT2D eigenvalue weighted by atomic mass is 35.5. The molecule has 1 rings (SSSR count). The van der Waals surface area contributed by atoms with Gasteiger partial charge in [0.1, 0.15) is 11.5 Å². The van der Waals surface area contributed by atoms with Gasteiger partial charge in [0.25, 0.3) is 0 Å². The Morgan fingerprint density at radius 1 is 1.07 bits per heavy atom. The predicted molar refractivity (Wildman–Crippen MR) is 60.0 cm³/mol. The van der Waals surface area contributed by atoms with Crippen molar-refractivity contribution < 1.29 is 14.6 Å². The maximum atomic E-state index is 9.29. The number of aliphatic hydroxyl groups is 1. The van der Waals surface area contributed by atoms with Crippen molar-refractivity contribution in [3.63, 3.8) is 0 Å². The second kappa shape index (κ2) is 4.73. The molecule has 4 heteroatoms. The minimum Gasteiger partial charge on any atom is -0.496 e. The lowest BCUT2D eigenvalue weighted by atomic mass is 10.0. The van der Waals surface area contributed by atoms with E-state index in [1.54, 1.807) is 14.2 Å². The maximum Gasteiger partial charge on any atom is 0.141 e. The maximum absolute atomic E-state index is 9.29. The standard InChI is InChI=1S/C11H15ClO3/c1-6-8(5-13)10(14-3)7(2)9(12)11(6)15-4/h13H,5H2,1-4H3. The van der Waals surface area contributed by atoms with Gasteiger partial charge in [-0.1, -0.05) is 11.6 Å². The summed E-state index contributed by atoms with van der Waals surface area (Å²) in [7, 11) is 3.12. The largest absolute Gasteiger partial charge is 0.496 e. The van der Waals surface area contributed by atoms with Crippen molar-refractivity contribution in [3.8, 4) is 11.5 Å². The van der Waals surface area contributed by atoms with E-state index in [2.05, 4.69) is 0 Å². The van der Waals surface area contributed by atoms with Crippen molar-refractivity contribution in [3.05, 3.63) is 21.7 Å². The fourth-order valence-corrected chi connectivity index (χ4v) is 1.98. The van der Waals surface area contributed by atoms with Crippen molar-refractivity contribution in [2.45, 2.75) is 20.5 Å².